The molecular weight excluding hydrogens is 256 g/mol. The van der Waals surface area contributed by atoms with Crippen LogP contribution in [0.4, 0.5) is 5.69 Å². The summed E-state index contributed by atoms with van der Waals surface area (Å²) in [7, 11) is 3.99. The molecule has 0 N–H and O–H groups in total. The number of rotatable bonds is 7. The van der Waals surface area contributed by atoms with E-state index >= 15 is 0 Å². The van der Waals surface area contributed by atoms with Gasteiger partial charge in [-0.3, -0.25) is 10.1 Å². The van der Waals surface area contributed by atoms with Crippen LogP contribution >= 0.6 is 8.60 Å². The topological polar surface area (TPSA) is 70.8 Å². The van der Waals surface area contributed by atoms with Crippen LogP contribution in [0.2, 0.25) is 0 Å². The van der Waals surface area contributed by atoms with Crippen LogP contribution in [0.1, 0.15) is 13.8 Å². The van der Waals surface area contributed by atoms with Crippen LogP contribution in [0, 0.1) is 10.1 Å². The SMILES string of the molecule is [B]c1cccc([N+](=O)[O-])c1OP(OCC)OCC. The van der Waals surface area contributed by atoms with Crippen molar-refractivity contribution in [3.05, 3.63) is 28.3 Å². The zero-order valence-electron chi connectivity index (χ0n) is 10.2. The maximum Gasteiger partial charge on any atom is 0.397 e. The van der Waals surface area contributed by atoms with Crippen molar-refractivity contribution in [3.63, 3.8) is 0 Å². The molecular formula is C10H13BNO5P. The molecule has 8 heteroatoms. The van der Waals surface area contributed by atoms with Crippen LogP contribution in [0.5, 0.6) is 5.75 Å². The molecule has 1 aromatic rings. The Morgan fingerprint density at radius 3 is 2.44 bits per heavy atom. The highest BCUT2D eigenvalue weighted by Gasteiger charge is 2.22. The second kappa shape index (κ2) is 7.31. The molecule has 0 heterocycles. The summed E-state index contributed by atoms with van der Waals surface area (Å²) in [5.74, 6) is -0.0180. The van der Waals surface area contributed by atoms with Gasteiger partial charge in [-0.15, -0.1) is 0 Å². The highest BCUT2D eigenvalue weighted by molar-refractivity contribution is 7.42. The number of nitro benzene ring substituents is 1. The summed E-state index contributed by atoms with van der Waals surface area (Å²) in [6.07, 6.45) is 0. The second-order valence-corrected chi connectivity index (χ2v) is 4.25. The Bertz CT molecular complexity index is 411. The molecule has 0 aromatic heterocycles. The summed E-state index contributed by atoms with van der Waals surface area (Å²) in [6, 6.07) is 4.33. The Balaban J connectivity index is 2.96. The van der Waals surface area contributed by atoms with E-state index < -0.39 is 13.5 Å². The van der Waals surface area contributed by atoms with Crippen molar-refractivity contribution in [1.29, 1.82) is 0 Å². The minimum Gasteiger partial charge on any atom is -0.420 e. The predicted molar refractivity (Wildman–Crippen MR) is 69.3 cm³/mol. The number of para-hydroxylation sites is 1. The molecule has 0 saturated heterocycles. The molecule has 0 saturated carbocycles. The first-order valence-electron chi connectivity index (χ1n) is 5.36. The molecule has 1 rings (SSSR count). The van der Waals surface area contributed by atoms with Crippen molar-refractivity contribution in [1.82, 2.24) is 0 Å². The lowest BCUT2D eigenvalue weighted by Crippen LogP contribution is -2.10. The second-order valence-electron chi connectivity index (χ2n) is 3.10. The minimum absolute atomic E-state index is 0.0180. The highest BCUT2D eigenvalue weighted by Crippen LogP contribution is 2.42. The number of nitrogens with zero attached hydrogens (tertiary/aromatic N) is 1. The van der Waals surface area contributed by atoms with Gasteiger partial charge in [0, 0.05) is 6.07 Å². The van der Waals surface area contributed by atoms with E-state index in [-0.39, 0.29) is 16.9 Å². The van der Waals surface area contributed by atoms with Crippen LogP contribution < -0.4 is 9.99 Å². The van der Waals surface area contributed by atoms with Crippen molar-refractivity contribution < 1.29 is 18.5 Å². The van der Waals surface area contributed by atoms with Gasteiger partial charge in [0.2, 0.25) is 0 Å². The van der Waals surface area contributed by atoms with E-state index in [0.717, 1.165) is 0 Å². The molecule has 6 nitrogen and oxygen atoms in total. The maximum atomic E-state index is 10.9. The fourth-order valence-electron chi connectivity index (χ4n) is 1.16. The summed E-state index contributed by atoms with van der Waals surface area (Å²) < 4.78 is 15.8. The van der Waals surface area contributed by atoms with Gasteiger partial charge in [-0.05, 0) is 19.3 Å². The standard InChI is InChI=1S/C10H13BNO5P/c1-3-15-18(16-4-2)17-10-8(11)6-5-7-9(10)12(13)14/h5-7H,3-4H2,1-2H3. The third kappa shape index (κ3) is 3.94. The third-order valence-electron chi connectivity index (χ3n) is 1.86. The largest absolute Gasteiger partial charge is 0.420 e. The third-order valence-corrected chi connectivity index (χ3v) is 3.13. The van der Waals surface area contributed by atoms with Crippen molar-refractivity contribution >= 4 is 27.6 Å². The summed E-state index contributed by atoms with van der Waals surface area (Å²) in [6.45, 7) is 4.32. The first-order chi connectivity index (χ1) is 8.60. The summed E-state index contributed by atoms with van der Waals surface area (Å²) in [4.78, 5) is 10.3. The van der Waals surface area contributed by atoms with Gasteiger partial charge < -0.3 is 13.6 Å². The average molecular weight is 269 g/mol. The van der Waals surface area contributed by atoms with E-state index in [4.69, 9.17) is 21.4 Å². The van der Waals surface area contributed by atoms with E-state index in [1.807, 2.05) is 0 Å². The van der Waals surface area contributed by atoms with Gasteiger partial charge in [-0.25, -0.2) is 0 Å². The van der Waals surface area contributed by atoms with E-state index in [1.54, 1.807) is 13.8 Å². The van der Waals surface area contributed by atoms with E-state index in [9.17, 15) is 10.1 Å². The molecule has 18 heavy (non-hydrogen) atoms. The Morgan fingerprint density at radius 2 is 1.94 bits per heavy atom. The molecule has 0 unspecified atom stereocenters. The molecule has 0 atom stereocenters. The molecule has 0 aliphatic carbocycles. The highest BCUT2D eigenvalue weighted by atomic mass is 31.2. The summed E-state index contributed by atoms with van der Waals surface area (Å²) in [5, 5.41) is 10.9. The zero-order valence-corrected chi connectivity index (χ0v) is 11.1. The van der Waals surface area contributed by atoms with E-state index in [0.29, 0.717) is 13.2 Å². The lowest BCUT2D eigenvalue weighted by molar-refractivity contribution is -0.385. The fourth-order valence-corrected chi connectivity index (χ4v) is 2.11. The average Bonchev–Trinajstić information content (AvgIpc) is 2.32. The summed E-state index contributed by atoms with van der Waals surface area (Å²) in [5.41, 5.74) is -0.0296. The molecule has 2 radical (unpaired) electrons. The summed E-state index contributed by atoms with van der Waals surface area (Å²) >= 11 is 0. The van der Waals surface area contributed by atoms with Gasteiger partial charge >= 0.3 is 14.3 Å². The molecule has 0 aliphatic rings. The van der Waals surface area contributed by atoms with Gasteiger partial charge in [-0.1, -0.05) is 12.1 Å². The van der Waals surface area contributed by atoms with Gasteiger partial charge in [0.1, 0.15) is 7.85 Å². The molecule has 1 aromatic carbocycles. The smallest absolute Gasteiger partial charge is 0.397 e. The number of hydrogen-bond donors (Lipinski definition) is 0. The van der Waals surface area contributed by atoms with Crippen molar-refractivity contribution in [2.45, 2.75) is 13.8 Å². The van der Waals surface area contributed by atoms with Crippen LogP contribution in [-0.4, -0.2) is 26.0 Å². The number of hydrogen-bond acceptors (Lipinski definition) is 5. The molecule has 0 amide bonds. The molecule has 0 spiro atoms. The maximum absolute atomic E-state index is 10.9. The number of benzene rings is 1. The Morgan fingerprint density at radius 1 is 1.33 bits per heavy atom. The van der Waals surface area contributed by atoms with Crippen LogP contribution in [0.25, 0.3) is 0 Å². The lowest BCUT2D eigenvalue weighted by Gasteiger charge is -2.16. The predicted octanol–water partition coefficient (Wildman–Crippen LogP) is 2.07. The van der Waals surface area contributed by atoms with Crippen molar-refractivity contribution in [2.24, 2.45) is 0 Å². The lowest BCUT2D eigenvalue weighted by atomic mass is 9.94. The van der Waals surface area contributed by atoms with Crippen LogP contribution in [0.3, 0.4) is 0 Å². The Kier molecular flexibility index (Phi) is 6.05. The molecule has 0 fully saturated rings. The monoisotopic (exact) mass is 269 g/mol. The quantitative estimate of drug-likeness (QED) is 0.328. The minimum atomic E-state index is -1.68. The van der Waals surface area contributed by atoms with Crippen molar-refractivity contribution in [3.8, 4) is 5.75 Å². The molecule has 96 valence electrons. The van der Waals surface area contributed by atoms with Crippen molar-refractivity contribution in [2.75, 3.05) is 13.2 Å². The van der Waals surface area contributed by atoms with Gasteiger partial charge in [0.25, 0.3) is 0 Å². The fraction of sp³-hybridized carbons (Fsp3) is 0.400. The Hall–Kier alpha value is -1.17. The van der Waals surface area contributed by atoms with Gasteiger partial charge in [-0.2, -0.15) is 0 Å². The van der Waals surface area contributed by atoms with E-state index in [1.165, 1.54) is 18.2 Å². The zero-order chi connectivity index (χ0) is 13.5. The normalized spacial score (nSPS) is 10.6. The van der Waals surface area contributed by atoms with Crippen LogP contribution in [0.15, 0.2) is 18.2 Å². The van der Waals surface area contributed by atoms with Gasteiger partial charge in [0.15, 0.2) is 5.75 Å². The van der Waals surface area contributed by atoms with Crippen LogP contribution in [-0.2, 0) is 9.05 Å². The Labute approximate surface area is 108 Å². The molecule has 0 aliphatic heterocycles. The first kappa shape index (κ1) is 14.9. The molecule has 0 bridgehead atoms. The van der Waals surface area contributed by atoms with Gasteiger partial charge in [0.05, 0.1) is 18.1 Å². The van der Waals surface area contributed by atoms with E-state index in [2.05, 4.69) is 0 Å². The number of nitro groups is 1. The first-order valence-corrected chi connectivity index (χ1v) is 6.46.